The molecule has 0 aromatic heterocycles. The van der Waals surface area contributed by atoms with E-state index in [1.165, 1.54) is 0 Å². The second-order valence-electron chi connectivity index (χ2n) is 6.30. The Labute approximate surface area is 158 Å². The number of rotatable bonds is 5. The van der Waals surface area contributed by atoms with E-state index < -0.39 is 0 Å². The summed E-state index contributed by atoms with van der Waals surface area (Å²) in [5.74, 6) is 0.294. The largest absolute Gasteiger partial charge is 0.495 e. The molecule has 0 spiro atoms. The summed E-state index contributed by atoms with van der Waals surface area (Å²) in [7, 11) is 1.67. The smallest absolute Gasteiger partial charge is 0.269 e. The molecule has 1 saturated heterocycles. The van der Waals surface area contributed by atoms with Gasteiger partial charge in [-0.05, 0) is 24.3 Å². The van der Waals surface area contributed by atoms with Crippen molar-refractivity contribution in [2.75, 3.05) is 44.7 Å². The number of hydrazine groups is 1. The van der Waals surface area contributed by atoms with Gasteiger partial charge in [0.15, 0.2) is 0 Å². The Hall–Kier alpha value is -3.06. The van der Waals surface area contributed by atoms with Gasteiger partial charge in [0.2, 0.25) is 0 Å². The number of hydrogen-bond donors (Lipinski definition) is 2. The first-order chi connectivity index (χ1) is 13.2. The van der Waals surface area contributed by atoms with Gasteiger partial charge >= 0.3 is 0 Å². The second-order valence-corrected chi connectivity index (χ2v) is 6.30. The summed E-state index contributed by atoms with van der Waals surface area (Å²) in [4.78, 5) is 28.4. The van der Waals surface area contributed by atoms with Crippen molar-refractivity contribution >= 4 is 17.5 Å². The van der Waals surface area contributed by atoms with Gasteiger partial charge in [0, 0.05) is 31.7 Å². The summed E-state index contributed by atoms with van der Waals surface area (Å²) in [6, 6.07) is 16.7. The molecule has 0 atom stereocenters. The van der Waals surface area contributed by atoms with Crippen LogP contribution in [0.2, 0.25) is 0 Å². The number of amides is 2. The Kier molecular flexibility index (Phi) is 6.27. The van der Waals surface area contributed by atoms with Crippen molar-refractivity contribution < 1.29 is 14.3 Å². The molecule has 1 fully saturated rings. The maximum absolute atomic E-state index is 12.1. The molecule has 27 heavy (non-hydrogen) atoms. The third-order valence-corrected chi connectivity index (χ3v) is 4.52. The molecule has 2 N–H and O–H groups in total. The lowest BCUT2D eigenvalue weighted by Gasteiger charge is -2.36. The quantitative estimate of drug-likeness (QED) is 0.778. The van der Waals surface area contributed by atoms with E-state index in [-0.39, 0.29) is 18.4 Å². The van der Waals surface area contributed by atoms with Gasteiger partial charge in [0.1, 0.15) is 5.75 Å². The number of carbonyl (C=O) groups is 2. The van der Waals surface area contributed by atoms with E-state index in [1.807, 2.05) is 30.3 Å². The highest BCUT2D eigenvalue weighted by molar-refractivity contribution is 5.95. The van der Waals surface area contributed by atoms with Crippen LogP contribution in [-0.4, -0.2) is 56.5 Å². The average molecular weight is 368 g/mol. The molecule has 3 rings (SSSR count). The minimum absolute atomic E-state index is 0.231. The number of ether oxygens (including phenoxy) is 1. The topological polar surface area (TPSA) is 73.9 Å². The predicted octanol–water partition coefficient (Wildman–Crippen LogP) is 1.28. The molecule has 0 saturated carbocycles. The van der Waals surface area contributed by atoms with E-state index >= 15 is 0 Å². The van der Waals surface area contributed by atoms with Crippen molar-refractivity contribution in [3.05, 3.63) is 60.2 Å². The van der Waals surface area contributed by atoms with Gasteiger partial charge in [-0.1, -0.05) is 30.3 Å². The summed E-state index contributed by atoms with van der Waals surface area (Å²) >= 11 is 0. The maximum Gasteiger partial charge on any atom is 0.269 e. The molecule has 0 bridgehead atoms. The van der Waals surface area contributed by atoms with E-state index in [9.17, 15) is 9.59 Å². The normalized spacial score (nSPS) is 14.5. The lowest BCUT2D eigenvalue weighted by molar-refractivity contribution is -0.123. The highest BCUT2D eigenvalue weighted by Gasteiger charge is 2.21. The van der Waals surface area contributed by atoms with Crippen molar-refractivity contribution in [1.82, 2.24) is 15.8 Å². The SMILES string of the molecule is COc1ccccc1N1CCN(CC(=O)NNC(=O)c2ccccc2)CC1. The fourth-order valence-electron chi connectivity index (χ4n) is 3.07. The summed E-state index contributed by atoms with van der Waals surface area (Å²) in [5.41, 5.74) is 6.49. The van der Waals surface area contributed by atoms with Crippen LogP contribution in [0.25, 0.3) is 0 Å². The zero-order valence-electron chi connectivity index (χ0n) is 15.4. The van der Waals surface area contributed by atoms with Gasteiger partial charge in [-0.3, -0.25) is 25.3 Å². The van der Waals surface area contributed by atoms with Gasteiger partial charge in [-0.15, -0.1) is 0 Å². The first-order valence-corrected chi connectivity index (χ1v) is 8.92. The fourth-order valence-corrected chi connectivity index (χ4v) is 3.07. The molecule has 7 nitrogen and oxygen atoms in total. The van der Waals surface area contributed by atoms with Gasteiger partial charge in [0.25, 0.3) is 11.8 Å². The molecular weight excluding hydrogens is 344 g/mol. The third kappa shape index (κ3) is 4.98. The molecule has 2 aromatic rings. The zero-order valence-corrected chi connectivity index (χ0v) is 15.4. The van der Waals surface area contributed by atoms with Gasteiger partial charge in [0.05, 0.1) is 19.3 Å². The molecule has 1 aliphatic rings. The van der Waals surface area contributed by atoms with E-state index in [2.05, 4.69) is 20.7 Å². The minimum atomic E-state index is -0.329. The first-order valence-electron chi connectivity index (χ1n) is 8.92. The molecule has 0 radical (unpaired) electrons. The van der Waals surface area contributed by atoms with Crippen LogP contribution >= 0.6 is 0 Å². The van der Waals surface area contributed by atoms with Crippen molar-refractivity contribution in [2.45, 2.75) is 0 Å². The summed E-state index contributed by atoms with van der Waals surface area (Å²) in [6.45, 7) is 3.39. The van der Waals surface area contributed by atoms with Gasteiger partial charge in [-0.25, -0.2) is 0 Å². The number of piperazine rings is 1. The number of benzene rings is 2. The van der Waals surface area contributed by atoms with Crippen LogP contribution in [0.1, 0.15) is 10.4 Å². The summed E-state index contributed by atoms with van der Waals surface area (Å²) in [5, 5.41) is 0. The summed E-state index contributed by atoms with van der Waals surface area (Å²) < 4.78 is 5.42. The van der Waals surface area contributed by atoms with Crippen molar-refractivity contribution in [3.8, 4) is 5.75 Å². The predicted molar refractivity (Wildman–Crippen MR) is 104 cm³/mol. The zero-order chi connectivity index (χ0) is 19.1. The highest BCUT2D eigenvalue weighted by atomic mass is 16.5. The molecule has 1 heterocycles. The Morgan fingerprint density at radius 3 is 2.30 bits per heavy atom. The lowest BCUT2D eigenvalue weighted by Crippen LogP contribution is -2.52. The van der Waals surface area contributed by atoms with Crippen molar-refractivity contribution in [3.63, 3.8) is 0 Å². The van der Waals surface area contributed by atoms with Crippen molar-refractivity contribution in [1.29, 1.82) is 0 Å². The Morgan fingerprint density at radius 1 is 0.926 bits per heavy atom. The fraction of sp³-hybridized carbons (Fsp3) is 0.300. The number of nitrogens with one attached hydrogen (secondary N) is 2. The standard InChI is InChI=1S/C20H24N4O3/c1-27-18-10-6-5-9-17(18)24-13-11-23(12-14-24)15-19(25)21-22-20(26)16-7-3-2-4-8-16/h2-10H,11-15H2,1H3,(H,21,25)(H,22,26). The van der Waals surface area contributed by atoms with Crippen LogP contribution < -0.4 is 20.5 Å². The first kappa shape index (κ1) is 18.7. The number of hydrogen-bond acceptors (Lipinski definition) is 5. The molecular formula is C20H24N4O3. The van der Waals surface area contributed by atoms with Crippen LogP contribution in [0.5, 0.6) is 5.75 Å². The minimum Gasteiger partial charge on any atom is -0.495 e. The van der Waals surface area contributed by atoms with E-state index in [0.29, 0.717) is 5.56 Å². The molecule has 1 aliphatic heterocycles. The number of para-hydroxylation sites is 2. The van der Waals surface area contributed by atoms with Crippen LogP contribution in [0, 0.1) is 0 Å². The monoisotopic (exact) mass is 368 g/mol. The molecule has 142 valence electrons. The van der Waals surface area contributed by atoms with Crippen LogP contribution in [0.15, 0.2) is 54.6 Å². The molecule has 2 aromatic carbocycles. The van der Waals surface area contributed by atoms with E-state index in [4.69, 9.17) is 4.74 Å². The molecule has 7 heteroatoms. The Bertz CT molecular complexity index is 774. The van der Waals surface area contributed by atoms with Gasteiger partial charge in [-0.2, -0.15) is 0 Å². The van der Waals surface area contributed by atoms with Gasteiger partial charge < -0.3 is 9.64 Å². The molecule has 0 unspecified atom stereocenters. The van der Waals surface area contributed by atoms with E-state index in [0.717, 1.165) is 37.6 Å². The summed E-state index contributed by atoms with van der Waals surface area (Å²) in [6.07, 6.45) is 0. The molecule has 0 aliphatic carbocycles. The average Bonchev–Trinajstić information content (AvgIpc) is 2.73. The van der Waals surface area contributed by atoms with Crippen LogP contribution in [-0.2, 0) is 4.79 Å². The lowest BCUT2D eigenvalue weighted by atomic mass is 10.2. The Balaban J connectivity index is 1.43. The number of methoxy groups -OCH3 is 1. The Morgan fingerprint density at radius 2 is 1.59 bits per heavy atom. The highest BCUT2D eigenvalue weighted by Crippen LogP contribution is 2.28. The maximum atomic E-state index is 12.1. The number of nitrogens with zero attached hydrogens (tertiary/aromatic N) is 2. The van der Waals surface area contributed by atoms with Crippen LogP contribution in [0.4, 0.5) is 5.69 Å². The van der Waals surface area contributed by atoms with Crippen LogP contribution in [0.3, 0.4) is 0 Å². The second kappa shape index (κ2) is 9.05. The van der Waals surface area contributed by atoms with E-state index in [1.54, 1.807) is 31.4 Å². The number of anilines is 1. The molecule has 2 amide bonds. The third-order valence-electron chi connectivity index (χ3n) is 4.52. The van der Waals surface area contributed by atoms with Crippen molar-refractivity contribution in [2.24, 2.45) is 0 Å². The number of carbonyl (C=O) groups excluding carboxylic acids is 2.